The summed E-state index contributed by atoms with van der Waals surface area (Å²) in [6.45, 7) is 10.9. The van der Waals surface area contributed by atoms with Crippen molar-refractivity contribution in [1.29, 1.82) is 0 Å². The summed E-state index contributed by atoms with van der Waals surface area (Å²) in [5.41, 5.74) is 4.36. The molecule has 0 spiro atoms. The number of rotatable bonds is 17. The van der Waals surface area contributed by atoms with Gasteiger partial charge < -0.3 is 58.8 Å². The monoisotopic (exact) mass is 1140 g/mol. The summed E-state index contributed by atoms with van der Waals surface area (Å²) in [5, 5.41) is 6.71. The van der Waals surface area contributed by atoms with Crippen LogP contribution in [0.15, 0.2) is 120 Å². The first-order valence-electron chi connectivity index (χ1n) is 27.1. The number of aromatic nitrogens is 4. The smallest absolute Gasteiger partial charge is 0.289 e. The number of amides is 2. The zero-order chi connectivity index (χ0) is 57.8. The number of nitrogens with one attached hydrogen (secondary N) is 4. The summed E-state index contributed by atoms with van der Waals surface area (Å²) in [5.74, 6) is -4.87. The molecule has 3 aliphatic rings. The summed E-state index contributed by atoms with van der Waals surface area (Å²) in [7, 11) is 1.72. The van der Waals surface area contributed by atoms with Gasteiger partial charge in [-0.2, -0.15) is 0 Å². The molecule has 3 aliphatic heterocycles. The standard InChI is InChI=1S/C61H60F4N10O8/c1-60(2)32-70-58(80-34-60)72-40-26-44(62)52(45(63)27-40)82-48-14-17-66-54-50(48)42(30-68-54)36-6-10-38(11-7-36)56(76)74(4)19-5-22-78-23-16-61(3)33-71-59(81-35-61)73-41-28-46(64)53(47(65)29-41)83-49-15-18-67-55-51(49)43(31-69-55)37-8-12-39(13-9-37)57(77)75-20-24-79-25-21-75/h6-15,17-18,26-31H,5,16,19-25,32-35H2,1-4H3,(H,66,68)(H,67,69)(H,70,72)(H,71,73). The predicted octanol–water partition coefficient (Wildman–Crippen LogP) is 11.6. The fourth-order valence-electron chi connectivity index (χ4n) is 9.82. The molecule has 4 aromatic heterocycles. The maximum absolute atomic E-state index is 15.7. The number of fused-ring (bicyclic) bond motifs is 2. The Bertz CT molecular complexity index is 3720. The van der Waals surface area contributed by atoms with E-state index < -0.39 is 34.8 Å². The van der Waals surface area contributed by atoms with Gasteiger partial charge in [0, 0.05) is 133 Å². The number of carbonyl (C=O) groups is 2. The number of ether oxygens (including phenoxy) is 6. The highest BCUT2D eigenvalue weighted by molar-refractivity contribution is 6.01. The molecule has 7 heterocycles. The molecule has 11 rings (SSSR count). The lowest BCUT2D eigenvalue weighted by Crippen LogP contribution is -2.40. The average Bonchev–Trinajstić information content (AvgIpc) is 4.22. The van der Waals surface area contributed by atoms with Crippen LogP contribution in [0.2, 0.25) is 0 Å². The molecule has 0 saturated carbocycles. The Morgan fingerprint density at radius 2 is 1.18 bits per heavy atom. The van der Waals surface area contributed by atoms with Crippen LogP contribution in [0, 0.1) is 34.1 Å². The van der Waals surface area contributed by atoms with E-state index in [1.807, 2.05) is 32.9 Å². The van der Waals surface area contributed by atoms with Gasteiger partial charge >= 0.3 is 0 Å². The van der Waals surface area contributed by atoms with Gasteiger partial charge in [0.2, 0.25) is 0 Å². The van der Waals surface area contributed by atoms with Crippen molar-refractivity contribution in [2.45, 2.75) is 33.6 Å². The number of hydrogen-bond donors (Lipinski definition) is 4. The average molecular weight is 1140 g/mol. The zero-order valence-electron chi connectivity index (χ0n) is 46.0. The van der Waals surface area contributed by atoms with Crippen molar-refractivity contribution in [1.82, 2.24) is 29.7 Å². The second-order valence-electron chi connectivity index (χ2n) is 21.8. The molecule has 83 heavy (non-hydrogen) atoms. The van der Waals surface area contributed by atoms with Crippen LogP contribution in [-0.4, -0.2) is 133 Å². The Kier molecular flexibility index (Phi) is 16.0. The molecule has 430 valence electrons. The lowest BCUT2D eigenvalue weighted by Gasteiger charge is -2.32. The first kappa shape index (κ1) is 55.9. The Labute approximate surface area is 474 Å². The summed E-state index contributed by atoms with van der Waals surface area (Å²) < 4.78 is 97.0. The van der Waals surface area contributed by atoms with Crippen LogP contribution < -0.4 is 20.1 Å². The highest BCUT2D eigenvalue weighted by Gasteiger charge is 2.31. The fraction of sp³-hybridized carbons (Fsp3) is 0.311. The summed E-state index contributed by atoms with van der Waals surface area (Å²) in [6.07, 6.45) is 7.60. The van der Waals surface area contributed by atoms with Gasteiger partial charge in [0.1, 0.15) is 22.8 Å². The summed E-state index contributed by atoms with van der Waals surface area (Å²) in [6, 6.07) is 21.9. The SMILES string of the molecule is CN(CCCOCCC1(C)CN=C(Nc2cc(F)c(Oc3ccnc4[nH]cc(-c5ccc(C(=O)N6CCOCC6)cc5)c34)c(F)c2)OC1)C(=O)c1ccc(-c2c[nH]c3nccc(Oc4c(F)cc(NC5=NCC(C)(C)CO5)cc4F)c23)cc1. The van der Waals surface area contributed by atoms with Gasteiger partial charge in [0.15, 0.2) is 34.8 Å². The highest BCUT2D eigenvalue weighted by Crippen LogP contribution is 2.41. The highest BCUT2D eigenvalue weighted by atomic mass is 19.1. The molecule has 0 aliphatic carbocycles. The number of carbonyl (C=O) groups excluding carboxylic acids is 2. The summed E-state index contributed by atoms with van der Waals surface area (Å²) >= 11 is 0. The molecule has 4 N–H and O–H groups in total. The van der Waals surface area contributed by atoms with Gasteiger partial charge in [-0.25, -0.2) is 37.5 Å². The molecular formula is C61H60F4N10O8. The number of halogens is 4. The molecule has 1 saturated heterocycles. The number of nitrogens with zero attached hydrogens (tertiary/aromatic N) is 6. The molecule has 4 aromatic carbocycles. The van der Waals surface area contributed by atoms with E-state index in [1.165, 1.54) is 24.5 Å². The van der Waals surface area contributed by atoms with Crippen molar-refractivity contribution < 1.29 is 55.6 Å². The third-order valence-electron chi connectivity index (χ3n) is 14.6. The minimum Gasteiger partial charge on any atom is -0.464 e. The van der Waals surface area contributed by atoms with Crippen molar-refractivity contribution >= 4 is 57.3 Å². The van der Waals surface area contributed by atoms with Crippen LogP contribution in [0.1, 0.15) is 54.3 Å². The first-order valence-corrected chi connectivity index (χ1v) is 27.1. The minimum absolute atomic E-state index is 0.0779. The van der Waals surface area contributed by atoms with E-state index in [-0.39, 0.29) is 64.2 Å². The quantitative estimate of drug-likeness (QED) is 0.0497. The second kappa shape index (κ2) is 23.8. The van der Waals surface area contributed by atoms with Crippen molar-refractivity contribution in [3.63, 3.8) is 0 Å². The van der Waals surface area contributed by atoms with Gasteiger partial charge in [-0.1, -0.05) is 45.0 Å². The van der Waals surface area contributed by atoms with Gasteiger partial charge in [-0.15, -0.1) is 0 Å². The van der Waals surface area contributed by atoms with Crippen molar-refractivity contribution in [2.24, 2.45) is 20.8 Å². The van der Waals surface area contributed by atoms with Crippen molar-refractivity contribution in [2.75, 3.05) is 90.0 Å². The maximum atomic E-state index is 15.7. The maximum Gasteiger partial charge on any atom is 0.289 e. The molecule has 0 radical (unpaired) electrons. The van der Waals surface area contributed by atoms with E-state index in [4.69, 9.17) is 28.4 Å². The Morgan fingerprint density at radius 3 is 1.67 bits per heavy atom. The number of anilines is 2. The molecular weight excluding hydrogens is 1080 g/mol. The molecule has 1 unspecified atom stereocenters. The molecule has 22 heteroatoms. The number of amidine groups is 2. The van der Waals surface area contributed by atoms with Crippen molar-refractivity contribution in [3.8, 4) is 45.3 Å². The second-order valence-corrected chi connectivity index (χ2v) is 21.8. The number of aliphatic imine (C=N–C) groups is 2. The first-order chi connectivity index (χ1) is 40.1. The molecule has 0 bridgehead atoms. The number of hydrogen-bond acceptors (Lipinski definition) is 14. The lowest BCUT2D eigenvalue weighted by molar-refractivity contribution is 0.0303. The van der Waals surface area contributed by atoms with Crippen LogP contribution in [0.4, 0.5) is 28.9 Å². The largest absolute Gasteiger partial charge is 0.464 e. The Balaban J connectivity index is 0.632. The Morgan fingerprint density at radius 1 is 0.675 bits per heavy atom. The normalized spacial score (nSPS) is 16.8. The topological polar surface area (TPSA) is 202 Å². The van der Waals surface area contributed by atoms with E-state index in [0.717, 1.165) is 29.8 Å². The van der Waals surface area contributed by atoms with Crippen LogP contribution in [0.25, 0.3) is 44.3 Å². The van der Waals surface area contributed by atoms with E-state index in [9.17, 15) is 9.59 Å². The molecule has 1 fully saturated rings. The molecule has 18 nitrogen and oxygen atoms in total. The summed E-state index contributed by atoms with van der Waals surface area (Å²) in [4.78, 5) is 53.7. The fourth-order valence-corrected chi connectivity index (χ4v) is 9.82. The van der Waals surface area contributed by atoms with Crippen LogP contribution in [0.3, 0.4) is 0 Å². The molecule has 8 aromatic rings. The van der Waals surface area contributed by atoms with Gasteiger partial charge in [0.25, 0.3) is 23.9 Å². The lowest BCUT2D eigenvalue weighted by atomic mass is 9.88. The number of benzene rings is 4. The molecule has 1 atom stereocenters. The predicted molar refractivity (Wildman–Crippen MR) is 305 cm³/mol. The van der Waals surface area contributed by atoms with Crippen LogP contribution >= 0.6 is 0 Å². The molecule has 2 amide bonds. The third kappa shape index (κ3) is 12.6. The number of morpholine rings is 1. The minimum atomic E-state index is -0.952. The van der Waals surface area contributed by atoms with Crippen molar-refractivity contribution in [3.05, 3.63) is 144 Å². The van der Waals surface area contributed by atoms with Crippen LogP contribution in [0.5, 0.6) is 23.0 Å². The van der Waals surface area contributed by atoms with Gasteiger partial charge in [0.05, 0.1) is 50.3 Å². The number of pyridine rings is 2. The van der Waals surface area contributed by atoms with E-state index >= 15 is 17.6 Å². The van der Waals surface area contributed by atoms with Gasteiger partial charge in [-0.05, 0) is 60.4 Å². The van der Waals surface area contributed by atoms with E-state index in [1.54, 1.807) is 65.6 Å². The van der Waals surface area contributed by atoms with E-state index in [0.29, 0.717) is 128 Å². The zero-order valence-corrected chi connectivity index (χ0v) is 46.0. The number of aromatic amines is 2. The van der Waals surface area contributed by atoms with Gasteiger partial charge in [-0.3, -0.25) is 9.59 Å². The Hall–Kier alpha value is -9.02. The van der Waals surface area contributed by atoms with E-state index in [2.05, 4.69) is 40.6 Å². The van der Waals surface area contributed by atoms with Crippen LogP contribution in [-0.2, 0) is 18.9 Å². The third-order valence-corrected chi connectivity index (χ3v) is 14.6. The number of H-pyrrole nitrogens is 2.